The maximum absolute atomic E-state index is 13.4. The van der Waals surface area contributed by atoms with Gasteiger partial charge in [-0.25, -0.2) is 4.79 Å². The molecule has 1 aromatic rings. The van der Waals surface area contributed by atoms with E-state index in [4.69, 9.17) is 14.6 Å². The Hall–Kier alpha value is -3.30. The lowest BCUT2D eigenvalue weighted by molar-refractivity contribution is -0.218. The number of rotatable bonds is 6. The zero-order chi connectivity index (χ0) is 29.4. The van der Waals surface area contributed by atoms with Crippen LogP contribution in [0.5, 0.6) is 11.5 Å². The predicted octanol–water partition coefficient (Wildman–Crippen LogP) is 4.14. The number of hydrogen-bond acceptors (Lipinski definition) is 7. The van der Waals surface area contributed by atoms with Crippen LogP contribution in [0.4, 0.5) is 0 Å². The maximum Gasteiger partial charge on any atom is 0.326 e. The smallest absolute Gasteiger partial charge is 0.326 e. The number of carbonyl (C=O) groups excluding carboxylic acids is 2. The van der Waals surface area contributed by atoms with Gasteiger partial charge in [-0.1, -0.05) is 27.7 Å². The topological polar surface area (TPSA) is 151 Å². The first-order valence-electron chi connectivity index (χ1n) is 14.1. The summed E-state index contributed by atoms with van der Waals surface area (Å²) in [5.74, 6) is -2.56. The Morgan fingerprint density at radius 2 is 1.85 bits per heavy atom. The minimum absolute atomic E-state index is 0.0298. The summed E-state index contributed by atoms with van der Waals surface area (Å²) < 4.78 is 12.8. The van der Waals surface area contributed by atoms with E-state index >= 15 is 0 Å². The van der Waals surface area contributed by atoms with Crippen LogP contribution in [0.1, 0.15) is 94.6 Å². The van der Waals surface area contributed by atoms with Gasteiger partial charge in [-0.05, 0) is 50.0 Å². The van der Waals surface area contributed by atoms with Crippen molar-refractivity contribution in [2.75, 3.05) is 0 Å². The Kier molecular flexibility index (Phi) is 6.62. The van der Waals surface area contributed by atoms with Crippen molar-refractivity contribution in [2.45, 2.75) is 104 Å². The van der Waals surface area contributed by atoms with Gasteiger partial charge in [0.25, 0.3) is 5.91 Å². The van der Waals surface area contributed by atoms with Crippen molar-refractivity contribution < 1.29 is 44.0 Å². The van der Waals surface area contributed by atoms with Crippen LogP contribution in [0, 0.1) is 22.7 Å². The molecule has 0 saturated heterocycles. The monoisotopic (exact) mass is 557 g/mol. The number of carboxylic acids is 2. The molecule has 1 aromatic carbocycles. The fraction of sp³-hybridized carbons (Fsp3) is 0.667. The quantitative estimate of drug-likeness (QED) is 0.438. The molecule has 3 N–H and O–H groups in total. The molecule has 10 heteroatoms. The van der Waals surface area contributed by atoms with E-state index in [9.17, 15) is 29.4 Å². The molecule has 2 heterocycles. The maximum atomic E-state index is 13.4. The normalized spacial score (nSPS) is 32.6. The highest BCUT2D eigenvalue weighted by atomic mass is 16.5. The van der Waals surface area contributed by atoms with Gasteiger partial charge in [-0.3, -0.25) is 14.4 Å². The predicted molar refractivity (Wildman–Crippen MR) is 142 cm³/mol. The summed E-state index contributed by atoms with van der Waals surface area (Å²) in [6, 6.07) is 0.0983. The molecule has 10 nitrogen and oxygen atoms in total. The zero-order valence-electron chi connectivity index (χ0n) is 23.8. The summed E-state index contributed by atoms with van der Waals surface area (Å²) in [6.07, 6.45) is 2.92. The van der Waals surface area contributed by atoms with Crippen LogP contribution in [0.25, 0.3) is 0 Å². The van der Waals surface area contributed by atoms with Crippen molar-refractivity contribution in [2.24, 2.45) is 22.7 Å². The van der Waals surface area contributed by atoms with Crippen LogP contribution in [0.15, 0.2) is 6.07 Å². The molecule has 6 atom stereocenters. The summed E-state index contributed by atoms with van der Waals surface area (Å²) in [4.78, 5) is 49.6. The summed E-state index contributed by atoms with van der Waals surface area (Å²) >= 11 is 0. The molecule has 1 amide bonds. The van der Waals surface area contributed by atoms with E-state index in [0.29, 0.717) is 29.7 Å². The van der Waals surface area contributed by atoms with E-state index in [-0.39, 0.29) is 65.4 Å². The Morgan fingerprint density at radius 1 is 1.15 bits per heavy atom. The molecular weight excluding hydrogens is 518 g/mol. The second-order valence-electron chi connectivity index (χ2n) is 13.0. The molecule has 5 rings (SSSR count). The lowest BCUT2D eigenvalue weighted by Gasteiger charge is -2.64. The Morgan fingerprint density at radius 3 is 2.48 bits per heavy atom. The van der Waals surface area contributed by atoms with Gasteiger partial charge in [0.1, 0.15) is 29.2 Å². The molecule has 4 aliphatic rings. The number of fused-ring (bicyclic) bond motifs is 5. The van der Waals surface area contributed by atoms with Crippen LogP contribution in [-0.2, 0) is 32.1 Å². The number of benzene rings is 1. The van der Waals surface area contributed by atoms with Crippen molar-refractivity contribution >= 4 is 23.8 Å². The first-order valence-corrected chi connectivity index (χ1v) is 14.1. The van der Waals surface area contributed by atoms with E-state index in [1.807, 2.05) is 0 Å². The van der Waals surface area contributed by atoms with Crippen molar-refractivity contribution in [3.8, 4) is 11.5 Å². The highest BCUT2D eigenvalue weighted by Gasteiger charge is 2.68. The molecule has 0 radical (unpaired) electrons. The van der Waals surface area contributed by atoms with Crippen LogP contribution < -0.4 is 4.74 Å². The number of amides is 1. The molecule has 1 spiro atoms. The van der Waals surface area contributed by atoms with E-state index in [1.54, 1.807) is 0 Å². The number of esters is 1. The van der Waals surface area contributed by atoms with Crippen LogP contribution >= 0.6 is 0 Å². The summed E-state index contributed by atoms with van der Waals surface area (Å²) in [5, 5.41) is 30.1. The second-order valence-corrected chi connectivity index (χ2v) is 13.0. The van der Waals surface area contributed by atoms with Crippen LogP contribution in [-0.4, -0.2) is 61.8 Å². The first-order chi connectivity index (χ1) is 18.6. The fourth-order valence-corrected chi connectivity index (χ4v) is 8.61. The minimum Gasteiger partial charge on any atom is -0.508 e. The van der Waals surface area contributed by atoms with E-state index in [2.05, 4.69) is 27.7 Å². The third kappa shape index (κ3) is 3.96. The molecule has 0 aromatic heterocycles. The molecule has 2 saturated carbocycles. The number of nitrogens with zero attached hydrogens (tertiary/aromatic N) is 1. The Balaban J connectivity index is 1.52. The fourth-order valence-electron chi connectivity index (χ4n) is 8.61. The second kappa shape index (κ2) is 9.38. The number of ether oxygens (including phenoxy) is 2. The van der Waals surface area contributed by atoms with Gasteiger partial charge < -0.3 is 29.7 Å². The molecule has 2 fully saturated rings. The number of aromatic hydroxyl groups is 1. The van der Waals surface area contributed by atoms with Gasteiger partial charge in [-0.15, -0.1) is 0 Å². The molecule has 0 unspecified atom stereocenters. The van der Waals surface area contributed by atoms with E-state index in [0.717, 1.165) is 19.3 Å². The zero-order valence-corrected chi connectivity index (χ0v) is 23.8. The highest BCUT2D eigenvalue weighted by molar-refractivity contribution is 6.02. The molecule has 2 aliphatic heterocycles. The van der Waals surface area contributed by atoms with Crippen LogP contribution in [0.3, 0.4) is 0 Å². The van der Waals surface area contributed by atoms with E-state index in [1.165, 1.54) is 17.9 Å². The average Bonchev–Trinajstić information content (AvgIpc) is 3.40. The van der Waals surface area contributed by atoms with Gasteiger partial charge in [0, 0.05) is 41.7 Å². The number of phenols is 1. The summed E-state index contributed by atoms with van der Waals surface area (Å²) in [7, 11) is 0. The number of aliphatic carboxylic acids is 2. The lowest BCUT2D eigenvalue weighted by Crippen LogP contribution is -2.67. The third-order valence-corrected chi connectivity index (χ3v) is 10.7. The molecule has 2 aliphatic carbocycles. The van der Waals surface area contributed by atoms with E-state index < -0.39 is 29.5 Å². The van der Waals surface area contributed by atoms with Gasteiger partial charge >= 0.3 is 17.9 Å². The molecule has 0 bridgehead atoms. The van der Waals surface area contributed by atoms with Crippen LogP contribution in [0.2, 0.25) is 0 Å². The number of phenolic OH excluding ortho intramolecular Hbond substituents is 1. The summed E-state index contributed by atoms with van der Waals surface area (Å²) in [5.41, 5.74) is 0.0613. The average molecular weight is 558 g/mol. The Labute approximate surface area is 233 Å². The number of hydrogen-bond donors (Lipinski definition) is 3. The Bertz CT molecular complexity index is 1290. The van der Waals surface area contributed by atoms with Crippen molar-refractivity contribution in [1.29, 1.82) is 0 Å². The lowest BCUT2D eigenvalue weighted by atomic mass is 9.43. The van der Waals surface area contributed by atoms with Crippen molar-refractivity contribution in [3.63, 3.8) is 0 Å². The third-order valence-electron chi connectivity index (χ3n) is 10.7. The van der Waals surface area contributed by atoms with Crippen molar-refractivity contribution in [1.82, 2.24) is 4.90 Å². The number of carbonyl (C=O) groups is 4. The summed E-state index contributed by atoms with van der Waals surface area (Å²) in [6.45, 7) is 10.1. The minimum atomic E-state index is -1.31. The molecule has 40 heavy (non-hydrogen) atoms. The molecular formula is C30H39NO9. The van der Waals surface area contributed by atoms with Gasteiger partial charge in [0.15, 0.2) is 0 Å². The van der Waals surface area contributed by atoms with Crippen molar-refractivity contribution in [3.05, 3.63) is 22.8 Å². The van der Waals surface area contributed by atoms with Gasteiger partial charge in [-0.2, -0.15) is 0 Å². The number of carboxylic acid groups (broad SMARTS) is 2. The standard InChI is InChI=1S/C30H39NO9/c1-15-6-8-22-28(3,4)23(39-16(2)32)10-11-29(22,5)30(15)13-18-21(33)12-17-19(25(18)40-30)14-31(26(17)36)20(27(37)38)7-9-24(34)35/h12,15,20,22-23,33H,6-11,13-14H2,1-5H3,(H,34,35)(H,37,38)/t15-,20-,22-,23-,29-,30-/m0/s1. The highest BCUT2D eigenvalue weighted by Crippen LogP contribution is 2.67. The largest absolute Gasteiger partial charge is 0.508 e. The first kappa shape index (κ1) is 28.2. The van der Waals surface area contributed by atoms with Gasteiger partial charge in [0.05, 0.1) is 12.1 Å². The van der Waals surface area contributed by atoms with Gasteiger partial charge in [0.2, 0.25) is 0 Å². The molecule has 218 valence electrons. The SMILES string of the molecule is CC(=O)O[C@H]1CC[C@@]2(C)[C@@H](CC[C@H](C)[C@@]23Cc2c(O)cc4c(c2O3)CN([C@@H](CCC(=O)O)C(=O)O)C4=O)C1(C)C.